The van der Waals surface area contributed by atoms with Gasteiger partial charge in [-0.1, -0.05) is 6.08 Å². The highest BCUT2D eigenvalue weighted by Crippen LogP contribution is 2.33. The molecule has 150 valence electrons. The average molecular weight is 385 g/mol. The van der Waals surface area contributed by atoms with E-state index >= 15 is 0 Å². The van der Waals surface area contributed by atoms with E-state index in [1.165, 1.54) is 0 Å². The number of ether oxygens (including phenoxy) is 2. The molecule has 0 aromatic carbocycles. The van der Waals surface area contributed by atoms with Crippen molar-refractivity contribution in [1.82, 2.24) is 14.8 Å². The van der Waals surface area contributed by atoms with Crippen LogP contribution in [0.5, 0.6) is 5.75 Å². The van der Waals surface area contributed by atoms with E-state index < -0.39 is 5.60 Å². The molecule has 1 aromatic heterocycles. The van der Waals surface area contributed by atoms with Crippen LogP contribution in [-0.2, 0) is 4.74 Å². The minimum Gasteiger partial charge on any atom is -0.494 e. The van der Waals surface area contributed by atoms with Gasteiger partial charge in [-0.2, -0.15) is 5.26 Å². The van der Waals surface area contributed by atoms with Crippen molar-refractivity contribution in [2.24, 2.45) is 4.99 Å². The lowest BCUT2D eigenvalue weighted by atomic mass is 10.0. The average Bonchev–Trinajstić information content (AvgIpc) is 2.64. The van der Waals surface area contributed by atoms with Crippen LogP contribution in [0.3, 0.4) is 0 Å². The van der Waals surface area contributed by atoms with E-state index in [0.29, 0.717) is 36.6 Å². The number of nitrogens with zero attached hydrogens (tertiary/aromatic N) is 5. The van der Waals surface area contributed by atoms with E-state index in [-0.39, 0.29) is 11.8 Å². The van der Waals surface area contributed by atoms with Crippen molar-refractivity contribution in [1.29, 1.82) is 5.26 Å². The first-order valence-electron chi connectivity index (χ1n) is 9.01. The van der Waals surface area contributed by atoms with E-state index in [1.807, 2.05) is 40.9 Å². The normalized spacial score (nSPS) is 14.5. The maximum atomic E-state index is 12.2. The fourth-order valence-electron chi connectivity index (χ4n) is 2.61. The molecule has 8 nitrogen and oxygen atoms in total. The van der Waals surface area contributed by atoms with Gasteiger partial charge in [0.1, 0.15) is 28.8 Å². The van der Waals surface area contributed by atoms with Gasteiger partial charge in [0.15, 0.2) is 5.69 Å². The summed E-state index contributed by atoms with van der Waals surface area (Å²) in [4.78, 5) is 24.4. The second-order valence-electron chi connectivity index (χ2n) is 7.63. The number of carbonyl (C=O) groups excluding carboxylic acids is 1. The monoisotopic (exact) mass is 385 g/mol. The van der Waals surface area contributed by atoms with Crippen molar-refractivity contribution in [3.63, 3.8) is 0 Å². The van der Waals surface area contributed by atoms with Crippen LogP contribution >= 0.6 is 0 Å². The molecule has 1 aliphatic rings. The van der Waals surface area contributed by atoms with E-state index in [9.17, 15) is 10.1 Å². The number of methoxy groups -OCH3 is 1. The van der Waals surface area contributed by atoms with Crippen molar-refractivity contribution in [2.75, 3.05) is 34.3 Å². The number of amides is 1. The first kappa shape index (κ1) is 21.2. The molecule has 2 heterocycles. The van der Waals surface area contributed by atoms with E-state index in [2.05, 4.69) is 16.0 Å². The van der Waals surface area contributed by atoms with E-state index in [0.717, 1.165) is 5.57 Å². The molecule has 0 spiro atoms. The van der Waals surface area contributed by atoms with Gasteiger partial charge in [-0.3, -0.25) is 0 Å². The summed E-state index contributed by atoms with van der Waals surface area (Å²) in [6.07, 6.45) is 3.78. The molecule has 0 bridgehead atoms. The van der Waals surface area contributed by atoms with Crippen LogP contribution in [0.25, 0.3) is 5.57 Å². The molecule has 0 N–H and O–H groups in total. The summed E-state index contributed by atoms with van der Waals surface area (Å²) >= 11 is 0. The SMILES string of the molecule is COc1cc(N=CN(C)C)c(C#N)nc1C1=CCN(C(=O)OC(C)(C)C)CC1. The Bertz CT molecular complexity index is 831. The zero-order valence-corrected chi connectivity index (χ0v) is 17.3. The molecule has 0 saturated carbocycles. The standard InChI is InChI=1S/C20H27N5O3/c1-20(2,3)28-19(26)25-9-7-14(8-10-25)18-17(27-6)11-15(16(12-21)23-18)22-13-24(4)5/h7,11,13H,8-10H2,1-6H3. The topological polar surface area (TPSA) is 91.0 Å². The Hall–Kier alpha value is -3.08. The number of aromatic nitrogens is 1. The zero-order chi connectivity index (χ0) is 20.9. The summed E-state index contributed by atoms with van der Waals surface area (Å²) in [6.45, 7) is 6.45. The first-order valence-corrected chi connectivity index (χ1v) is 9.01. The van der Waals surface area contributed by atoms with Gasteiger partial charge in [0.2, 0.25) is 0 Å². The molecule has 1 amide bonds. The fourth-order valence-corrected chi connectivity index (χ4v) is 2.61. The fraction of sp³-hybridized carbons (Fsp3) is 0.500. The quantitative estimate of drug-likeness (QED) is 0.584. The molecule has 0 radical (unpaired) electrons. The maximum Gasteiger partial charge on any atom is 0.410 e. The molecular weight excluding hydrogens is 358 g/mol. The molecule has 0 atom stereocenters. The molecule has 0 aliphatic carbocycles. The Balaban J connectivity index is 2.28. The lowest BCUT2D eigenvalue weighted by Gasteiger charge is -2.29. The van der Waals surface area contributed by atoms with E-state index in [4.69, 9.17) is 9.47 Å². The second-order valence-corrected chi connectivity index (χ2v) is 7.63. The predicted molar refractivity (Wildman–Crippen MR) is 108 cm³/mol. The molecule has 2 rings (SSSR count). The third-order valence-corrected chi connectivity index (χ3v) is 3.89. The number of hydrogen-bond donors (Lipinski definition) is 0. The van der Waals surface area contributed by atoms with Gasteiger partial charge in [-0.05, 0) is 32.8 Å². The van der Waals surface area contributed by atoms with Crippen molar-refractivity contribution in [3.8, 4) is 11.8 Å². The zero-order valence-electron chi connectivity index (χ0n) is 17.3. The van der Waals surface area contributed by atoms with Crippen molar-refractivity contribution in [3.05, 3.63) is 23.5 Å². The highest BCUT2D eigenvalue weighted by atomic mass is 16.6. The van der Waals surface area contributed by atoms with Gasteiger partial charge in [-0.15, -0.1) is 0 Å². The molecule has 0 unspecified atom stereocenters. The highest BCUT2D eigenvalue weighted by molar-refractivity contribution is 5.75. The molecule has 28 heavy (non-hydrogen) atoms. The Kier molecular flexibility index (Phi) is 6.62. The molecule has 0 saturated heterocycles. The number of hydrogen-bond acceptors (Lipinski definition) is 6. The van der Waals surface area contributed by atoms with E-state index in [1.54, 1.807) is 29.3 Å². The third-order valence-electron chi connectivity index (χ3n) is 3.89. The molecule has 8 heteroatoms. The Morgan fingerprint density at radius 2 is 2.14 bits per heavy atom. The lowest BCUT2D eigenvalue weighted by Crippen LogP contribution is -2.39. The predicted octanol–water partition coefficient (Wildman–Crippen LogP) is 3.21. The first-order chi connectivity index (χ1) is 13.1. The van der Waals surface area contributed by atoms with Crippen LogP contribution in [0.2, 0.25) is 0 Å². The van der Waals surface area contributed by atoms with Crippen LogP contribution in [0.15, 0.2) is 17.1 Å². The Labute approximate surface area is 166 Å². The molecule has 0 fully saturated rings. The van der Waals surface area contributed by atoms with Gasteiger partial charge < -0.3 is 19.3 Å². The van der Waals surface area contributed by atoms with Gasteiger partial charge in [0, 0.05) is 33.3 Å². The smallest absolute Gasteiger partial charge is 0.410 e. The number of aliphatic imine (C=N–C) groups is 1. The summed E-state index contributed by atoms with van der Waals surface area (Å²) in [5.74, 6) is 0.543. The lowest BCUT2D eigenvalue weighted by molar-refractivity contribution is 0.0270. The highest BCUT2D eigenvalue weighted by Gasteiger charge is 2.25. The summed E-state index contributed by atoms with van der Waals surface area (Å²) in [6, 6.07) is 3.80. The summed E-state index contributed by atoms with van der Waals surface area (Å²) < 4.78 is 10.9. The number of pyridine rings is 1. The van der Waals surface area contributed by atoms with Gasteiger partial charge in [-0.25, -0.2) is 14.8 Å². The third kappa shape index (κ3) is 5.46. The van der Waals surface area contributed by atoms with Crippen LogP contribution in [0.4, 0.5) is 10.5 Å². The van der Waals surface area contributed by atoms with Gasteiger partial charge >= 0.3 is 6.09 Å². The molecule has 1 aromatic rings. The number of rotatable bonds is 4. The maximum absolute atomic E-state index is 12.2. The molecule has 1 aliphatic heterocycles. The number of nitriles is 1. The Morgan fingerprint density at radius 1 is 1.43 bits per heavy atom. The van der Waals surface area contributed by atoms with Gasteiger partial charge in [0.05, 0.1) is 13.4 Å². The minimum absolute atomic E-state index is 0.226. The van der Waals surface area contributed by atoms with Crippen LogP contribution in [-0.4, -0.2) is 67.1 Å². The summed E-state index contributed by atoms with van der Waals surface area (Å²) in [5, 5.41) is 9.46. The Morgan fingerprint density at radius 3 is 2.64 bits per heavy atom. The summed E-state index contributed by atoms with van der Waals surface area (Å²) in [7, 11) is 5.25. The number of carbonyl (C=O) groups is 1. The van der Waals surface area contributed by atoms with Crippen molar-refractivity contribution in [2.45, 2.75) is 32.8 Å². The van der Waals surface area contributed by atoms with Gasteiger partial charge in [0.25, 0.3) is 0 Å². The second kappa shape index (κ2) is 8.74. The largest absolute Gasteiger partial charge is 0.494 e. The van der Waals surface area contributed by atoms with Crippen LogP contribution in [0.1, 0.15) is 38.6 Å². The molecular formula is C20H27N5O3. The van der Waals surface area contributed by atoms with Crippen LogP contribution in [0, 0.1) is 11.3 Å². The van der Waals surface area contributed by atoms with Crippen molar-refractivity contribution < 1.29 is 14.3 Å². The summed E-state index contributed by atoms with van der Waals surface area (Å²) in [5.41, 5.74) is 1.67. The van der Waals surface area contributed by atoms with Crippen molar-refractivity contribution >= 4 is 23.7 Å². The van der Waals surface area contributed by atoms with Crippen LogP contribution < -0.4 is 4.74 Å². The minimum atomic E-state index is -0.531.